The minimum absolute atomic E-state index is 0.953. The summed E-state index contributed by atoms with van der Waals surface area (Å²) in [7, 11) is 0. The van der Waals surface area contributed by atoms with Gasteiger partial charge in [0, 0.05) is 0 Å². The van der Waals surface area contributed by atoms with Crippen LogP contribution in [-0.2, 0) is 28.0 Å². The van der Waals surface area contributed by atoms with E-state index in [0.717, 1.165) is 6.61 Å². The van der Waals surface area contributed by atoms with Crippen molar-refractivity contribution in [3.63, 3.8) is 0 Å². The van der Waals surface area contributed by atoms with Crippen molar-refractivity contribution in [2.75, 3.05) is 6.61 Å². The third-order valence-electron chi connectivity index (χ3n) is 0.600. The molecular weight excluding hydrogens is 67.0 g/mol. The maximum absolute atomic E-state index is 4.87. The number of unbranched alkanes of at least 4 members (excludes halogenated alkanes) is 1. The van der Waals surface area contributed by atoms with Crippen LogP contribution in [0.15, 0.2) is 0 Å². The van der Waals surface area contributed by atoms with Crippen LogP contribution in [0.1, 0.15) is 19.8 Å². The van der Waals surface area contributed by atoms with E-state index in [9.17, 15) is 0 Å². The van der Waals surface area contributed by atoms with E-state index in [1.165, 1.54) is 38.0 Å². The molecule has 0 spiro atoms. The molecule has 0 aliphatic carbocycles. The zero-order chi connectivity index (χ0) is 4.83. The second kappa shape index (κ2) is 5.84. The Labute approximate surface area is 54.5 Å². The zero-order valence-electron chi connectivity index (χ0n) is 4.03. The van der Waals surface area contributed by atoms with Crippen molar-refractivity contribution in [3.05, 3.63) is 0 Å². The van der Waals surface area contributed by atoms with Gasteiger partial charge < -0.3 is 0 Å². The fraction of sp³-hybridized carbons (Fsp3) is 1.00. The Balaban J connectivity index is 2.34. The van der Waals surface area contributed by atoms with Crippen molar-refractivity contribution in [2.24, 2.45) is 0 Å². The molecule has 0 amide bonds. The fourth-order valence-corrected chi connectivity index (χ4v) is 0.571. The summed E-state index contributed by atoms with van der Waals surface area (Å²) >= 11 is 1.19. The zero-order valence-corrected chi connectivity index (χ0v) is 6.49. The summed E-state index contributed by atoms with van der Waals surface area (Å²) < 4.78 is 4.87. The molecule has 0 aromatic carbocycles. The third kappa shape index (κ3) is 4.84. The summed E-state index contributed by atoms with van der Waals surface area (Å²) in [6.07, 6.45) is 2.46. The van der Waals surface area contributed by atoms with Crippen molar-refractivity contribution in [1.82, 2.24) is 0 Å². The van der Waals surface area contributed by atoms with Crippen LogP contribution >= 0.6 is 0 Å². The summed E-state index contributed by atoms with van der Waals surface area (Å²) in [5.74, 6) is 0. The van der Waals surface area contributed by atoms with Crippen LogP contribution in [0.4, 0.5) is 0 Å². The Hall–Kier alpha value is 0.843. The predicted molar refractivity (Wildman–Crippen MR) is 20.9 cm³/mol. The monoisotopic (exact) mass is 76.1 g/mol. The second-order valence-electron chi connectivity index (χ2n) is 1.20. The molecule has 0 bridgehead atoms. The van der Waals surface area contributed by atoms with Crippen molar-refractivity contribution >= 4 is 0 Å². The predicted octanol–water partition coefficient (Wildman–Crippen LogP) is 1.26. The molecule has 0 N–H and O–H groups in total. The molecule has 1 nitrogen and oxygen atoms in total. The third-order valence-corrected chi connectivity index (χ3v) is 1.10. The Morgan fingerprint density at radius 3 is 2.50 bits per heavy atom. The van der Waals surface area contributed by atoms with E-state index >= 15 is 0 Å². The van der Waals surface area contributed by atoms with Crippen molar-refractivity contribution in [2.45, 2.75) is 19.8 Å². The van der Waals surface area contributed by atoms with E-state index in [1.807, 2.05) is 0 Å². The average molecular weight is 76.1 g/mol. The van der Waals surface area contributed by atoms with Gasteiger partial charge in [0.2, 0.25) is 0 Å². The summed E-state index contributed by atoms with van der Waals surface area (Å²) in [5, 5.41) is 0. The summed E-state index contributed by atoms with van der Waals surface area (Å²) in [6, 6.07) is 0. The first kappa shape index (κ1) is 6.84. The van der Waals surface area contributed by atoms with Crippen LogP contribution < -0.4 is 0 Å². The average Bonchev–Trinajstić information content (AvgIpc) is 1.61. The normalized spacial score (nSPS) is 8.67. The molecule has 0 aliphatic rings. The molecule has 0 aromatic rings. The van der Waals surface area contributed by atoms with Gasteiger partial charge in [0.1, 0.15) is 0 Å². The summed E-state index contributed by atoms with van der Waals surface area (Å²) in [4.78, 5) is 0. The first-order valence-corrected chi connectivity index (χ1v) is 3.20. The molecule has 0 atom stereocenters. The molecule has 0 saturated heterocycles. The summed E-state index contributed by atoms with van der Waals surface area (Å²) in [5.41, 5.74) is 0. The van der Waals surface area contributed by atoms with Gasteiger partial charge in [-0.1, -0.05) is 0 Å². The van der Waals surface area contributed by atoms with Gasteiger partial charge in [0.15, 0.2) is 0 Å². The molecule has 0 saturated carbocycles. The van der Waals surface area contributed by atoms with Crippen molar-refractivity contribution < 1.29 is 28.0 Å². The van der Waals surface area contributed by atoms with Crippen LogP contribution in [0.3, 0.4) is 0 Å². The first-order valence-electron chi connectivity index (χ1n) is 2.20. The van der Waals surface area contributed by atoms with Crippen molar-refractivity contribution in [3.8, 4) is 0 Å². The fourth-order valence-electron chi connectivity index (χ4n) is 0.217. The van der Waals surface area contributed by atoms with Gasteiger partial charge in [-0.3, -0.25) is 0 Å². The quantitative estimate of drug-likeness (QED) is 0.460. The molecule has 0 unspecified atom stereocenters. The minimum atomic E-state index is 0.953. The van der Waals surface area contributed by atoms with E-state index in [-0.39, 0.29) is 0 Å². The Kier molecular flexibility index (Phi) is 6.66. The van der Waals surface area contributed by atoms with Crippen molar-refractivity contribution in [1.29, 1.82) is 0 Å². The molecule has 35 valence electrons. The molecule has 0 radical (unpaired) electrons. The van der Waals surface area contributed by atoms with Gasteiger partial charge in [-0.05, 0) is 0 Å². The molecule has 0 aliphatic heterocycles. The molecule has 0 fully saturated rings. The number of hydrogen-bond acceptors (Lipinski definition) is 1. The molecular formula is C4H9OZr. The Morgan fingerprint density at radius 2 is 2.33 bits per heavy atom. The first-order chi connectivity index (χ1) is 2.91. The molecule has 6 heavy (non-hydrogen) atoms. The van der Waals surface area contributed by atoms with E-state index in [0.29, 0.717) is 0 Å². The Morgan fingerprint density at radius 1 is 1.67 bits per heavy atom. The van der Waals surface area contributed by atoms with E-state index in [1.54, 1.807) is 0 Å². The van der Waals surface area contributed by atoms with Gasteiger partial charge in [-0.15, -0.1) is 0 Å². The summed E-state index contributed by atoms with van der Waals surface area (Å²) in [6.45, 7) is 3.12. The second-order valence-corrected chi connectivity index (χ2v) is 1.91. The van der Waals surface area contributed by atoms with E-state index < -0.39 is 0 Å². The number of hydrogen-bond donors (Lipinski definition) is 0. The SMILES string of the molecule is CCCC[O][3Zr]. The van der Waals surface area contributed by atoms with Gasteiger partial charge in [0.25, 0.3) is 0 Å². The van der Waals surface area contributed by atoms with Gasteiger partial charge in [0.05, 0.1) is 0 Å². The van der Waals surface area contributed by atoms with Gasteiger partial charge >= 0.3 is 54.3 Å². The van der Waals surface area contributed by atoms with E-state index in [2.05, 4.69) is 6.92 Å². The molecule has 0 rings (SSSR count). The molecule has 0 aromatic heterocycles. The van der Waals surface area contributed by atoms with Crippen LogP contribution in [-0.4, -0.2) is 6.61 Å². The molecule has 0 heterocycles. The van der Waals surface area contributed by atoms with E-state index in [4.69, 9.17) is 2.81 Å². The topological polar surface area (TPSA) is 9.23 Å². The van der Waals surface area contributed by atoms with Gasteiger partial charge in [-0.25, -0.2) is 0 Å². The Bertz CT molecular complexity index is 19.5. The molecule has 2 heteroatoms. The number of rotatable bonds is 3. The van der Waals surface area contributed by atoms with Crippen LogP contribution in [0, 0.1) is 0 Å². The van der Waals surface area contributed by atoms with Crippen LogP contribution in [0.5, 0.6) is 0 Å². The van der Waals surface area contributed by atoms with Crippen LogP contribution in [0.2, 0.25) is 0 Å². The van der Waals surface area contributed by atoms with Crippen LogP contribution in [0.25, 0.3) is 0 Å². The maximum atomic E-state index is 4.87. The van der Waals surface area contributed by atoms with Gasteiger partial charge in [-0.2, -0.15) is 0 Å². The standard InChI is InChI=1S/C4H9O.Zr/c1-2-3-4-5;/h2-4H2,1H3;/q-1;+1/i;1-88.